The number of nitrogens with one attached hydrogen (secondary N) is 2. The molecule has 0 radical (unpaired) electrons. The SMILES string of the molecule is CNC(c1ncn[nH]1)C1CCCC(C)C1. The standard InChI is InChI=1S/C11H20N4/c1-8-4-3-5-9(6-8)10(12-2)11-13-7-14-15-11/h7-10,12H,3-6H2,1-2H3,(H,13,14,15). The van der Waals surface area contributed by atoms with Crippen LogP contribution < -0.4 is 5.32 Å². The molecule has 0 bridgehead atoms. The molecular formula is C11H20N4. The van der Waals surface area contributed by atoms with Crippen molar-refractivity contribution in [2.75, 3.05) is 7.05 Å². The van der Waals surface area contributed by atoms with Crippen LogP contribution in [0.1, 0.15) is 44.5 Å². The smallest absolute Gasteiger partial charge is 0.141 e. The molecule has 4 heteroatoms. The maximum atomic E-state index is 4.26. The first-order valence-corrected chi connectivity index (χ1v) is 5.83. The molecule has 4 nitrogen and oxygen atoms in total. The average molecular weight is 208 g/mol. The minimum atomic E-state index is 0.343. The van der Waals surface area contributed by atoms with Crippen molar-refractivity contribution in [2.24, 2.45) is 11.8 Å². The van der Waals surface area contributed by atoms with Gasteiger partial charge in [0.25, 0.3) is 0 Å². The Morgan fingerprint density at radius 3 is 3.00 bits per heavy atom. The molecule has 1 saturated carbocycles. The Morgan fingerprint density at radius 1 is 1.53 bits per heavy atom. The lowest BCUT2D eigenvalue weighted by molar-refractivity contribution is 0.224. The van der Waals surface area contributed by atoms with Crippen LogP contribution in [0.4, 0.5) is 0 Å². The highest BCUT2D eigenvalue weighted by molar-refractivity contribution is 4.95. The second-order valence-electron chi connectivity index (χ2n) is 4.67. The third-order valence-electron chi connectivity index (χ3n) is 3.49. The number of rotatable bonds is 3. The van der Waals surface area contributed by atoms with Crippen LogP contribution in [0.2, 0.25) is 0 Å². The molecule has 2 N–H and O–H groups in total. The van der Waals surface area contributed by atoms with E-state index in [4.69, 9.17) is 0 Å². The van der Waals surface area contributed by atoms with E-state index in [1.807, 2.05) is 7.05 Å². The van der Waals surface area contributed by atoms with Gasteiger partial charge in [-0.15, -0.1) is 0 Å². The van der Waals surface area contributed by atoms with E-state index >= 15 is 0 Å². The summed E-state index contributed by atoms with van der Waals surface area (Å²) in [5, 5.41) is 10.3. The maximum Gasteiger partial charge on any atom is 0.141 e. The number of aromatic amines is 1. The van der Waals surface area contributed by atoms with Crippen LogP contribution in [0, 0.1) is 11.8 Å². The molecule has 0 amide bonds. The highest BCUT2D eigenvalue weighted by Crippen LogP contribution is 2.35. The molecule has 15 heavy (non-hydrogen) atoms. The summed E-state index contributed by atoms with van der Waals surface area (Å²) in [6, 6.07) is 0.343. The van der Waals surface area contributed by atoms with Crippen LogP contribution in [0.3, 0.4) is 0 Å². The molecule has 1 heterocycles. The van der Waals surface area contributed by atoms with Crippen LogP contribution in [0.5, 0.6) is 0 Å². The summed E-state index contributed by atoms with van der Waals surface area (Å²) >= 11 is 0. The lowest BCUT2D eigenvalue weighted by Gasteiger charge is -2.31. The predicted octanol–water partition coefficient (Wildman–Crippen LogP) is 1.89. The minimum absolute atomic E-state index is 0.343. The Kier molecular flexibility index (Phi) is 3.36. The zero-order chi connectivity index (χ0) is 10.7. The van der Waals surface area contributed by atoms with Gasteiger partial charge >= 0.3 is 0 Å². The molecular weight excluding hydrogens is 188 g/mol. The van der Waals surface area contributed by atoms with Gasteiger partial charge in [-0.25, -0.2) is 4.98 Å². The zero-order valence-corrected chi connectivity index (χ0v) is 9.53. The van der Waals surface area contributed by atoms with Crippen molar-refractivity contribution in [1.82, 2.24) is 20.5 Å². The van der Waals surface area contributed by atoms with Crippen LogP contribution >= 0.6 is 0 Å². The van der Waals surface area contributed by atoms with Crippen molar-refractivity contribution >= 4 is 0 Å². The maximum absolute atomic E-state index is 4.26. The normalized spacial score (nSPS) is 28.9. The Labute approximate surface area is 90.9 Å². The molecule has 3 unspecified atom stereocenters. The molecule has 3 atom stereocenters. The Balaban J connectivity index is 2.06. The monoisotopic (exact) mass is 208 g/mol. The summed E-state index contributed by atoms with van der Waals surface area (Å²) in [5.41, 5.74) is 0. The average Bonchev–Trinajstić information content (AvgIpc) is 2.72. The molecule has 0 aliphatic heterocycles. The van der Waals surface area contributed by atoms with Crippen molar-refractivity contribution < 1.29 is 0 Å². The highest BCUT2D eigenvalue weighted by atomic mass is 15.2. The van der Waals surface area contributed by atoms with Gasteiger partial charge < -0.3 is 5.32 Å². The summed E-state index contributed by atoms with van der Waals surface area (Å²) < 4.78 is 0. The van der Waals surface area contributed by atoms with Crippen LogP contribution in [0.25, 0.3) is 0 Å². The fraction of sp³-hybridized carbons (Fsp3) is 0.818. The van der Waals surface area contributed by atoms with Gasteiger partial charge in [0.2, 0.25) is 0 Å². The minimum Gasteiger partial charge on any atom is -0.310 e. The highest BCUT2D eigenvalue weighted by Gasteiger charge is 2.28. The first-order valence-electron chi connectivity index (χ1n) is 5.83. The second-order valence-corrected chi connectivity index (χ2v) is 4.67. The van der Waals surface area contributed by atoms with Gasteiger partial charge in [-0.1, -0.05) is 19.8 Å². The lowest BCUT2D eigenvalue weighted by Crippen LogP contribution is -2.29. The molecule has 0 spiro atoms. The molecule has 1 aliphatic rings. The predicted molar refractivity (Wildman–Crippen MR) is 59.3 cm³/mol. The fourth-order valence-electron chi connectivity index (χ4n) is 2.74. The number of H-pyrrole nitrogens is 1. The Morgan fingerprint density at radius 2 is 2.40 bits per heavy atom. The topological polar surface area (TPSA) is 53.6 Å². The van der Waals surface area contributed by atoms with Crippen molar-refractivity contribution in [1.29, 1.82) is 0 Å². The summed E-state index contributed by atoms with van der Waals surface area (Å²) in [7, 11) is 2.01. The van der Waals surface area contributed by atoms with Gasteiger partial charge in [-0.05, 0) is 31.7 Å². The van der Waals surface area contributed by atoms with E-state index in [0.29, 0.717) is 12.0 Å². The molecule has 1 aromatic heterocycles. The summed E-state index contributed by atoms with van der Waals surface area (Å²) in [4.78, 5) is 4.26. The van der Waals surface area contributed by atoms with E-state index in [1.54, 1.807) is 6.33 Å². The van der Waals surface area contributed by atoms with Crippen molar-refractivity contribution in [3.63, 3.8) is 0 Å². The number of hydrogen-bond donors (Lipinski definition) is 2. The van der Waals surface area contributed by atoms with Crippen LogP contribution in [-0.2, 0) is 0 Å². The van der Waals surface area contributed by atoms with E-state index < -0.39 is 0 Å². The number of aromatic nitrogens is 3. The van der Waals surface area contributed by atoms with Gasteiger partial charge in [0.1, 0.15) is 12.2 Å². The summed E-state index contributed by atoms with van der Waals surface area (Å²) in [6.45, 7) is 2.35. The van der Waals surface area contributed by atoms with E-state index in [0.717, 1.165) is 11.7 Å². The quantitative estimate of drug-likeness (QED) is 0.797. The first-order chi connectivity index (χ1) is 7.31. The molecule has 84 valence electrons. The van der Waals surface area contributed by atoms with E-state index in [9.17, 15) is 0 Å². The molecule has 1 fully saturated rings. The molecule has 1 aromatic rings. The van der Waals surface area contributed by atoms with Crippen LogP contribution in [-0.4, -0.2) is 22.2 Å². The molecule has 0 saturated heterocycles. The zero-order valence-electron chi connectivity index (χ0n) is 9.53. The largest absolute Gasteiger partial charge is 0.310 e. The van der Waals surface area contributed by atoms with E-state index in [1.165, 1.54) is 25.7 Å². The van der Waals surface area contributed by atoms with E-state index in [-0.39, 0.29) is 0 Å². The second kappa shape index (κ2) is 4.75. The fourth-order valence-corrected chi connectivity index (χ4v) is 2.74. The summed E-state index contributed by atoms with van der Waals surface area (Å²) in [5.74, 6) is 2.53. The molecule has 0 aromatic carbocycles. The van der Waals surface area contributed by atoms with Gasteiger partial charge in [0, 0.05) is 0 Å². The lowest BCUT2D eigenvalue weighted by atomic mass is 9.78. The van der Waals surface area contributed by atoms with Gasteiger partial charge in [0.05, 0.1) is 6.04 Å². The number of hydrogen-bond acceptors (Lipinski definition) is 3. The van der Waals surface area contributed by atoms with Crippen molar-refractivity contribution in [2.45, 2.75) is 38.6 Å². The summed E-state index contributed by atoms with van der Waals surface area (Å²) in [6.07, 6.45) is 6.91. The van der Waals surface area contributed by atoms with Gasteiger partial charge in [-0.3, -0.25) is 5.10 Å². The van der Waals surface area contributed by atoms with Crippen molar-refractivity contribution in [3.05, 3.63) is 12.2 Å². The first kappa shape index (κ1) is 10.6. The van der Waals surface area contributed by atoms with E-state index in [2.05, 4.69) is 27.4 Å². The third kappa shape index (κ3) is 2.37. The Bertz CT molecular complexity index is 283. The molecule has 1 aliphatic carbocycles. The van der Waals surface area contributed by atoms with Crippen LogP contribution in [0.15, 0.2) is 6.33 Å². The van der Waals surface area contributed by atoms with Gasteiger partial charge in [-0.2, -0.15) is 5.10 Å². The van der Waals surface area contributed by atoms with Crippen molar-refractivity contribution in [3.8, 4) is 0 Å². The third-order valence-corrected chi connectivity index (χ3v) is 3.49. The Hall–Kier alpha value is -0.900. The van der Waals surface area contributed by atoms with Gasteiger partial charge in [0.15, 0.2) is 0 Å². The molecule has 2 rings (SSSR count). The number of nitrogens with zero attached hydrogens (tertiary/aromatic N) is 2.